The molecular formula is C11H5Br3F2N2. The molecule has 0 spiro atoms. The summed E-state index contributed by atoms with van der Waals surface area (Å²) in [5.74, 6) is -1.06. The lowest BCUT2D eigenvalue weighted by Gasteiger charge is -2.10. The van der Waals surface area contributed by atoms with Gasteiger partial charge in [-0.1, -0.05) is 15.9 Å². The van der Waals surface area contributed by atoms with Crippen molar-refractivity contribution in [2.24, 2.45) is 0 Å². The number of halogens is 5. The van der Waals surface area contributed by atoms with E-state index in [1.54, 1.807) is 6.07 Å². The molecular weight excluding hydrogens is 438 g/mol. The van der Waals surface area contributed by atoms with E-state index < -0.39 is 11.6 Å². The molecule has 0 bridgehead atoms. The lowest BCUT2D eigenvalue weighted by molar-refractivity contribution is 0.589. The predicted molar refractivity (Wildman–Crippen MR) is 77.0 cm³/mol. The van der Waals surface area contributed by atoms with Crippen LogP contribution in [0, 0.1) is 11.6 Å². The predicted octanol–water partition coefficient (Wildman–Crippen LogP) is 5.39. The van der Waals surface area contributed by atoms with Crippen molar-refractivity contribution in [3.63, 3.8) is 0 Å². The minimum Gasteiger partial charge on any atom is -0.334 e. The largest absolute Gasteiger partial charge is 0.334 e. The summed E-state index contributed by atoms with van der Waals surface area (Å²) >= 11 is 9.52. The first kappa shape index (κ1) is 13.9. The van der Waals surface area contributed by atoms with E-state index in [1.807, 2.05) is 0 Å². The SMILES string of the molecule is Fc1cc(Br)cc(F)c1Nc1ncc(Br)cc1Br. The highest BCUT2D eigenvalue weighted by molar-refractivity contribution is 9.11. The molecule has 2 rings (SSSR count). The van der Waals surface area contributed by atoms with Gasteiger partial charge in [0.15, 0.2) is 11.6 Å². The van der Waals surface area contributed by atoms with Gasteiger partial charge in [-0.3, -0.25) is 0 Å². The lowest BCUT2D eigenvalue weighted by Crippen LogP contribution is -2.00. The molecule has 0 amide bonds. The highest BCUT2D eigenvalue weighted by Gasteiger charge is 2.12. The summed E-state index contributed by atoms with van der Waals surface area (Å²) in [6.07, 6.45) is 1.53. The van der Waals surface area contributed by atoms with Gasteiger partial charge < -0.3 is 5.32 Å². The van der Waals surface area contributed by atoms with Crippen LogP contribution < -0.4 is 5.32 Å². The van der Waals surface area contributed by atoms with E-state index in [1.165, 1.54) is 18.3 Å². The van der Waals surface area contributed by atoms with Crippen molar-refractivity contribution in [3.8, 4) is 0 Å². The number of rotatable bonds is 2. The molecule has 1 heterocycles. The van der Waals surface area contributed by atoms with Gasteiger partial charge in [0.05, 0.1) is 4.47 Å². The first-order valence-electron chi connectivity index (χ1n) is 4.70. The number of nitrogens with one attached hydrogen (secondary N) is 1. The second kappa shape index (κ2) is 5.63. The second-order valence-corrected chi connectivity index (χ2v) is 6.04. The number of hydrogen-bond acceptors (Lipinski definition) is 2. The van der Waals surface area contributed by atoms with Crippen LogP contribution in [0.15, 0.2) is 37.8 Å². The normalized spacial score (nSPS) is 10.5. The third-order valence-corrected chi connectivity index (χ3v) is 3.55. The Balaban J connectivity index is 2.40. The molecule has 0 fully saturated rings. The van der Waals surface area contributed by atoms with Crippen molar-refractivity contribution in [1.29, 1.82) is 0 Å². The van der Waals surface area contributed by atoms with Crippen LogP contribution in [0.3, 0.4) is 0 Å². The molecule has 0 unspecified atom stereocenters. The topological polar surface area (TPSA) is 24.9 Å². The number of pyridine rings is 1. The average Bonchev–Trinajstić information content (AvgIpc) is 2.25. The van der Waals surface area contributed by atoms with Crippen LogP contribution >= 0.6 is 47.8 Å². The molecule has 0 atom stereocenters. The zero-order chi connectivity index (χ0) is 13.3. The number of benzene rings is 1. The van der Waals surface area contributed by atoms with Gasteiger partial charge in [0.25, 0.3) is 0 Å². The fraction of sp³-hybridized carbons (Fsp3) is 0. The van der Waals surface area contributed by atoms with Crippen LogP contribution in [0.1, 0.15) is 0 Å². The van der Waals surface area contributed by atoms with Gasteiger partial charge >= 0.3 is 0 Å². The van der Waals surface area contributed by atoms with Crippen molar-refractivity contribution in [2.45, 2.75) is 0 Å². The standard InChI is InChI=1S/C11H5Br3F2N2/c12-5-2-8(15)10(9(16)3-5)18-11-7(14)1-6(13)4-17-11/h1-4H,(H,17,18). The Morgan fingerprint density at radius 1 is 0.944 bits per heavy atom. The first-order valence-corrected chi connectivity index (χ1v) is 7.08. The molecule has 1 aromatic heterocycles. The van der Waals surface area contributed by atoms with Gasteiger partial charge in [0, 0.05) is 15.1 Å². The van der Waals surface area contributed by atoms with Crippen LogP contribution in [0.25, 0.3) is 0 Å². The molecule has 0 saturated heterocycles. The van der Waals surface area contributed by atoms with Gasteiger partial charge in [0.1, 0.15) is 11.5 Å². The smallest absolute Gasteiger partial charge is 0.150 e. The summed E-state index contributed by atoms with van der Waals surface area (Å²) in [6.45, 7) is 0. The lowest BCUT2D eigenvalue weighted by atomic mass is 10.3. The number of nitrogens with zero attached hydrogens (tertiary/aromatic N) is 1. The average molecular weight is 443 g/mol. The molecule has 0 saturated carbocycles. The molecule has 0 aliphatic rings. The van der Waals surface area contributed by atoms with Gasteiger partial charge in [-0.15, -0.1) is 0 Å². The zero-order valence-corrected chi connectivity index (χ0v) is 13.4. The second-order valence-electron chi connectivity index (χ2n) is 3.35. The maximum atomic E-state index is 13.6. The van der Waals surface area contributed by atoms with Crippen molar-refractivity contribution >= 4 is 59.3 Å². The third-order valence-electron chi connectivity index (χ3n) is 2.06. The zero-order valence-electron chi connectivity index (χ0n) is 8.65. The van der Waals surface area contributed by atoms with E-state index in [2.05, 4.69) is 58.1 Å². The van der Waals surface area contributed by atoms with Crippen LogP contribution in [-0.2, 0) is 0 Å². The fourth-order valence-corrected chi connectivity index (χ4v) is 2.78. The maximum absolute atomic E-state index is 13.6. The van der Waals surface area contributed by atoms with Crippen molar-refractivity contribution in [2.75, 3.05) is 5.32 Å². The molecule has 0 aliphatic carbocycles. The summed E-state index contributed by atoms with van der Waals surface area (Å²) in [5, 5.41) is 2.61. The Hall–Kier alpha value is -0.530. The molecule has 1 N–H and O–H groups in total. The van der Waals surface area contributed by atoms with E-state index in [9.17, 15) is 8.78 Å². The summed E-state index contributed by atoms with van der Waals surface area (Å²) in [7, 11) is 0. The van der Waals surface area contributed by atoms with Gasteiger partial charge in [-0.2, -0.15) is 0 Å². The van der Waals surface area contributed by atoms with Crippen molar-refractivity contribution in [3.05, 3.63) is 49.4 Å². The third kappa shape index (κ3) is 3.07. The molecule has 2 nitrogen and oxygen atoms in total. The maximum Gasteiger partial charge on any atom is 0.150 e. The Bertz CT molecular complexity index is 582. The fourth-order valence-electron chi connectivity index (χ4n) is 1.29. The minimum atomic E-state index is -0.696. The molecule has 1 aromatic carbocycles. The van der Waals surface area contributed by atoms with E-state index in [0.29, 0.717) is 14.8 Å². The van der Waals surface area contributed by atoms with Crippen LogP contribution in [0.5, 0.6) is 0 Å². The van der Waals surface area contributed by atoms with E-state index in [0.717, 1.165) is 4.47 Å². The Morgan fingerprint density at radius 3 is 2.11 bits per heavy atom. The first-order chi connectivity index (χ1) is 8.47. The van der Waals surface area contributed by atoms with E-state index in [4.69, 9.17) is 0 Å². The van der Waals surface area contributed by atoms with E-state index in [-0.39, 0.29) is 5.69 Å². The highest BCUT2D eigenvalue weighted by atomic mass is 79.9. The monoisotopic (exact) mass is 440 g/mol. The Kier molecular flexibility index (Phi) is 4.34. The summed E-state index contributed by atoms with van der Waals surface area (Å²) < 4.78 is 28.9. The van der Waals surface area contributed by atoms with Crippen LogP contribution in [-0.4, -0.2) is 4.98 Å². The Labute approximate surface area is 127 Å². The molecule has 0 radical (unpaired) electrons. The van der Waals surface area contributed by atoms with Gasteiger partial charge in [-0.25, -0.2) is 13.8 Å². The summed E-state index contributed by atoms with van der Waals surface area (Å²) in [4.78, 5) is 4.03. The van der Waals surface area contributed by atoms with Crippen molar-refractivity contribution in [1.82, 2.24) is 4.98 Å². The van der Waals surface area contributed by atoms with Gasteiger partial charge in [-0.05, 0) is 50.1 Å². The Morgan fingerprint density at radius 2 is 1.56 bits per heavy atom. The molecule has 0 aliphatic heterocycles. The van der Waals surface area contributed by atoms with Gasteiger partial charge in [0.2, 0.25) is 0 Å². The minimum absolute atomic E-state index is 0.242. The molecule has 94 valence electrons. The molecule has 2 aromatic rings. The summed E-state index contributed by atoms with van der Waals surface area (Å²) in [6, 6.07) is 4.08. The number of hydrogen-bond donors (Lipinski definition) is 1. The van der Waals surface area contributed by atoms with E-state index >= 15 is 0 Å². The quantitative estimate of drug-likeness (QED) is 0.674. The number of anilines is 2. The number of aromatic nitrogens is 1. The van der Waals surface area contributed by atoms with Crippen molar-refractivity contribution < 1.29 is 8.78 Å². The van der Waals surface area contributed by atoms with Crippen LogP contribution in [0.4, 0.5) is 20.3 Å². The highest BCUT2D eigenvalue weighted by Crippen LogP contribution is 2.30. The van der Waals surface area contributed by atoms with Crippen LogP contribution in [0.2, 0.25) is 0 Å². The molecule has 7 heteroatoms. The molecule has 18 heavy (non-hydrogen) atoms. The summed E-state index contributed by atoms with van der Waals surface area (Å²) in [5.41, 5.74) is -0.242.